The zero-order valence-corrected chi connectivity index (χ0v) is 19.6. The van der Waals surface area contributed by atoms with Crippen molar-refractivity contribution in [1.29, 1.82) is 0 Å². The Balaban J connectivity index is 1.13. The molecule has 35 heavy (non-hydrogen) atoms. The number of rotatable bonds is 6. The third-order valence-corrected chi connectivity index (χ3v) is 7.12. The number of piperidine rings is 1. The number of hydrogen-bond acceptors (Lipinski definition) is 6. The van der Waals surface area contributed by atoms with E-state index in [1.54, 1.807) is 43.5 Å². The first-order valence-corrected chi connectivity index (χ1v) is 11.7. The average molecular weight is 473 g/mol. The minimum atomic E-state index is -0.339. The molecule has 0 radical (unpaired) electrons. The van der Waals surface area contributed by atoms with Gasteiger partial charge in [0.25, 0.3) is 11.6 Å². The predicted octanol–water partition coefficient (Wildman–Crippen LogP) is 4.96. The number of methoxy groups -OCH3 is 1. The first-order chi connectivity index (χ1) is 16.9. The molecule has 8 heteroatoms. The van der Waals surface area contributed by atoms with Gasteiger partial charge in [-0.25, -0.2) is 0 Å². The Morgan fingerprint density at radius 2 is 1.63 bits per heavy atom. The van der Waals surface area contributed by atoms with Gasteiger partial charge in [-0.3, -0.25) is 14.9 Å². The van der Waals surface area contributed by atoms with Gasteiger partial charge in [-0.05, 0) is 67.4 Å². The van der Waals surface area contributed by atoms with Crippen molar-refractivity contribution >= 4 is 28.7 Å². The fourth-order valence-electron chi connectivity index (χ4n) is 5.01. The van der Waals surface area contributed by atoms with E-state index >= 15 is 0 Å². The van der Waals surface area contributed by atoms with Crippen molar-refractivity contribution in [2.45, 2.75) is 12.8 Å². The number of anilines is 3. The van der Waals surface area contributed by atoms with Crippen molar-refractivity contribution in [3.8, 4) is 5.75 Å². The van der Waals surface area contributed by atoms with Gasteiger partial charge >= 0.3 is 0 Å². The van der Waals surface area contributed by atoms with E-state index in [4.69, 9.17) is 4.74 Å². The molecular weight excluding hydrogens is 444 g/mol. The van der Waals surface area contributed by atoms with Gasteiger partial charge in [-0.15, -0.1) is 0 Å². The lowest BCUT2D eigenvalue weighted by Crippen LogP contribution is -2.60. The SMILES string of the molecule is COc1ccc(C(=O)Nc2ccc(N3CC4(CCN(c5cccc([N+](=O)[O-])c5)CC4)C3)cc2)cc1. The lowest BCUT2D eigenvalue weighted by molar-refractivity contribution is -0.384. The van der Waals surface area contributed by atoms with Crippen molar-refractivity contribution < 1.29 is 14.5 Å². The monoisotopic (exact) mass is 472 g/mol. The van der Waals surface area contributed by atoms with Crippen LogP contribution in [0.3, 0.4) is 0 Å². The number of non-ortho nitro benzene ring substituents is 1. The van der Waals surface area contributed by atoms with Crippen LogP contribution in [0, 0.1) is 15.5 Å². The van der Waals surface area contributed by atoms with Crippen molar-refractivity contribution in [2.75, 3.05) is 48.4 Å². The molecule has 0 bridgehead atoms. The van der Waals surface area contributed by atoms with Gasteiger partial charge in [0, 0.05) is 66.4 Å². The number of nitro groups is 1. The number of carbonyl (C=O) groups is 1. The Morgan fingerprint density at radius 3 is 2.26 bits per heavy atom. The second-order valence-corrected chi connectivity index (χ2v) is 9.35. The smallest absolute Gasteiger partial charge is 0.271 e. The topological polar surface area (TPSA) is 88.0 Å². The second kappa shape index (κ2) is 9.29. The van der Waals surface area contributed by atoms with E-state index in [2.05, 4.69) is 27.2 Å². The molecule has 3 aromatic carbocycles. The summed E-state index contributed by atoms with van der Waals surface area (Å²) in [5.41, 5.74) is 3.86. The summed E-state index contributed by atoms with van der Waals surface area (Å²) in [7, 11) is 1.60. The zero-order chi connectivity index (χ0) is 24.4. The lowest BCUT2D eigenvalue weighted by atomic mass is 9.71. The quantitative estimate of drug-likeness (QED) is 0.403. The molecule has 3 aromatic rings. The van der Waals surface area contributed by atoms with Crippen LogP contribution in [-0.2, 0) is 0 Å². The van der Waals surface area contributed by atoms with Crippen LogP contribution < -0.4 is 19.9 Å². The van der Waals surface area contributed by atoms with Crippen LogP contribution in [0.2, 0.25) is 0 Å². The molecule has 180 valence electrons. The molecular formula is C27H28N4O4. The molecule has 0 atom stereocenters. The number of carbonyl (C=O) groups excluding carboxylic acids is 1. The molecule has 2 saturated heterocycles. The Kier molecular flexibility index (Phi) is 6.03. The molecule has 0 saturated carbocycles. The molecule has 1 amide bonds. The summed E-state index contributed by atoms with van der Waals surface area (Å²) in [5, 5.41) is 14.0. The van der Waals surface area contributed by atoms with Crippen LogP contribution in [0.25, 0.3) is 0 Å². The third kappa shape index (κ3) is 4.77. The Morgan fingerprint density at radius 1 is 0.943 bits per heavy atom. The van der Waals surface area contributed by atoms with E-state index in [1.807, 2.05) is 18.2 Å². The minimum Gasteiger partial charge on any atom is -0.497 e. The maximum absolute atomic E-state index is 12.5. The molecule has 0 unspecified atom stereocenters. The summed E-state index contributed by atoms with van der Waals surface area (Å²) in [6.07, 6.45) is 2.14. The van der Waals surface area contributed by atoms with E-state index in [9.17, 15) is 14.9 Å². The van der Waals surface area contributed by atoms with Crippen LogP contribution in [0.15, 0.2) is 72.8 Å². The van der Waals surface area contributed by atoms with Gasteiger partial charge in [-0.1, -0.05) is 6.07 Å². The number of hydrogen-bond donors (Lipinski definition) is 1. The van der Waals surface area contributed by atoms with Crippen LogP contribution in [0.1, 0.15) is 23.2 Å². The van der Waals surface area contributed by atoms with Crippen molar-refractivity contribution in [2.24, 2.45) is 5.41 Å². The predicted molar refractivity (Wildman–Crippen MR) is 137 cm³/mol. The van der Waals surface area contributed by atoms with E-state index in [-0.39, 0.29) is 16.5 Å². The molecule has 2 aliphatic heterocycles. The maximum Gasteiger partial charge on any atom is 0.271 e. The molecule has 2 heterocycles. The van der Waals surface area contributed by atoms with Crippen LogP contribution in [-0.4, -0.2) is 44.1 Å². The zero-order valence-electron chi connectivity index (χ0n) is 19.6. The molecule has 2 fully saturated rings. The lowest BCUT2D eigenvalue weighted by Gasteiger charge is -2.55. The molecule has 0 aromatic heterocycles. The number of amides is 1. The van der Waals surface area contributed by atoms with Gasteiger partial charge in [0.15, 0.2) is 0 Å². The van der Waals surface area contributed by atoms with E-state index in [1.165, 1.54) is 6.07 Å². The van der Waals surface area contributed by atoms with E-state index < -0.39 is 0 Å². The number of ether oxygens (including phenoxy) is 1. The van der Waals surface area contributed by atoms with Crippen molar-refractivity contribution in [3.63, 3.8) is 0 Å². The Bertz CT molecular complexity index is 1210. The Hall–Kier alpha value is -4.07. The molecule has 2 aliphatic rings. The standard InChI is InChI=1S/C27H28N4O4/c1-35-25-11-5-20(6-12-25)26(32)28-21-7-9-22(10-8-21)30-18-27(19-30)13-15-29(16-14-27)23-3-2-4-24(17-23)31(33)34/h2-12,17H,13-16,18-19H2,1H3,(H,28,32). The largest absolute Gasteiger partial charge is 0.497 e. The Labute approximate surface area is 204 Å². The van der Waals surface area contributed by atoms with Gasteiger partial charge < -0.3 is 19.9 Å². The number of nitrogens with one attached hydrogen (secondary N) is 1. The van der Waals surface area contributed by atoms with Gasteiger partial charge in [0.2, 0.25) is 0 Å². The van der Waals surface area contributed by atoms with Crippen molar-refractivity contribution in [1.82, 2.24) is 0 Å². The fraction of sp³-hybridized carbons (Fsp3) is 0.296. The molecule has 1 spiro atoms. The molecule has 5 rings (SSSR count). The summed E-state index contributed by atoms with van der Waals surface area (Å²) in [6, 6.07) is 21.9. The van der Waals surface area contributed by atoms with Crippen LogP contribution >= 0.6 is 0 Å². The normalized spacial score (nSPS) is 16.5. The third-order valence-electron chi connectivity index (χ3n) is 7.12. The highest BCUT2D eigenvalue weighted by Crippen LogP contribution is 2.43. The van der Waals surface area contributed by atoms with E-state index in [0.29, 0.717) is 16.7 Å². The fourth-order valence-corrected chi connectivity index (χ4v) is 5.01. The summed E-state index contributed by atoms with van der Waals surface area (Å²) < 4.78 is 5.14. The summed E-state index contributed by atoms with van der Waals surface area (Å²) >= 11 is 0. The van der Waals surface area contributed by atoms with E-state index in [0.717, 1.165) is 56.1 Å². The number of nitro benzene ring substituents is 1. The highest BCUT2D eigenvalue weighted by molar-refractivity contribution is 6.04. The maximum atomic E-state index is 12.5. The summed E-state index contributed by atoms with van der Waals surface area (Å²) in [5.74, 6) is 0.562. The highest BCUT2D eigenvalue weighted by Gasteiger charge is 2.45. The van der Waals surface area contributed by atoms with Gasteiger partial charge in [0.1, 0.15) is 5.75 Å². The summed E-state index contributed by atoms with van der Waals surface area (Å²) in [4.78, 5) is 27.9. The number of benzene rings is 3. The molecule has 1 N–H and O–H groups in total. The van der Waals surface area contributed by atoms with Gasteiger partial charge in [0.05, 0.1) is 12.0 Å². The first kappa shape index (κ1) is 22.7. The highest BCUT2D eigenvalue weighted by atomic mass is 16.6. The van der Waals surface area contributed by atoms with Crippen molar-refractivity contribution in [3.05, 3.63) is 88.5 Å². The first-order valence-electron chi connectivity index (χ1n) is 11.7. The number of nitrogens with zero attached hydrogens (tertiary/aromatic N) is 3. The van der Waals surface area contributed by atoms with Crippen LogP contribution in [0.4, 0.5) is 22.7 Å². The average Bonchev–Trinajstić information content (AvgIpc) is 2.88. The summed E-state index contributed by atoms with van der Waals surface area (Å²) in [6.45, 7) is 3.83. The second-order valence-electron chi connectivity index (χ2n) is 9.35. The van der Waals surface area contributed by atoms with Gasteiger partial charge in [-0.2, -0.15) is 0 Å². The van der Waals surface area contributed by atoms with Crippen LogP contribution in [0.5, 0.6) is 5.75 Å². The minimum absolute atomic E-state index is 0.140. The molecule has 0 aliphatic carbocycles. The molecule has 8 nitrogen and oxygen atoms in total.